The molecule has 0 radical (unpaired) electrons. The molecule has 1 aromatic rings. The van der Waals surface area contributed by atoms with Crippen LogP contribution < -0.4 is 10.1 Å². The zero-order valence-electron chi connectivity index (χ0n) is 12.8. The molecule has 0 bridgehead atoms. The van der Waals surface area contributed by atoms with Gasteiger partial charge >= 0.3 is 0 Å². The predicted molar refractivity (Wildman–Crippen MR) is 77.3 cm³/mol. The van der Waals surface area contributed by atoms with Crippen molar-refractivity contribution < 1.29 is 9.53 Å². The Morgan fingerprint density at radius 3 is 2.65 bits per heavy atom. The molecule has 0 unspecified atom stereocenters. The van der Waals surface area contributed by atoms with Crippen LogP contribution in [-0.4, -0.2) is 59.3 Å². The van der Waals surface area contributed by atoms with Gasteiger partial charge in [-0.3, -0.25) is 14.4 Å². The largest absolute Gasteiger partial charge is 0.493 e. The van der Waals surface area contributed by atoms with Gasteiger partial charge in [-0.1, -0.05) is 0 Å². The maximum absolute atomic E-state index is 13.0. The molecule has 1 aliphatic rings. The van der Waals surface area contributed by atoms with Crippen molar-refractivity contribution in [3.05, 3.63) is 11.9 Å². The number of piperazine rings is 1. The molecule has 6 heteroatoms. The Morgan fingerprint density at radius 1 is 1.45 bits per heavy atom. The first-order valence-corrected chi connectivity index (χ1v) is 7.12. The van der Waals surface area contributed by atoms with Gasteiger partial charge < -0.3 is 10.1 Å². The van der Waals surface area contributed by atoms with Crippen LogP contribution >= 0.6 is 0 Å². The number of rotatable bonds is 5. The average Bonchev–Trinajstić information content (AvgIpc) is 2.90. The quantitative estimate of drug-likeness (QED) is 0.808. The SMILES string of the molecule is CCn1ncc(OC)c1C(=O)C(C)(C)N1CCNCC1. The molecule has 1 saturated heterocycles. The molecule has 0 atom stereocenters. The van der Waals surface area contributed by atoms with Gasteiger partial charge in [0.1, 0.15) is 5.69 Å². The number of ether oxygens (including phenoxy) is 1. The Kier molecular flexibility index (Phi) is 4.45. The fourth-order valence-electron chi connectivity index (χ4n) is 2.64. The number of hydrogen-bond donors (Lipinski definition) is 1. The van der Waals surface area contributed by atoms with E-state index in [4.69, 9.17) is 4.74 Å². The molecule has 1 aromatic heterocycles. The van der Waals surface area contributed by atoms with Crippen molar-refractivity contribution in [2.75, 3.05) is 33.3 Å². The fraction of sp³-hybridized carbons (Fsp3) is 0.714. The third-order valence-electron chi connectivity index (χ3n) is 4.00. The Labute approximate surface area is 120 Å². The molecular formula is C14H24N4O2. The summed E-state index contributed by atoms with van der Waals surface area (Å²) < 4.78 is 7.01. The van der Waals surface area contributed by atoms with Crippen LogP contribution in [0.2, 0.25) is 0 Å². The molecule has 0 saturated carbocycles. The summed E-state index contributed by atoms with van der Waals surface area (Å²) in [5, 5.41) is 7.54. The third-order valence-corrected chi connectivity index (χ3v) is 4.00. The number of methoxy groups -OCH3 is 1. The molecule has 20 heavy (non-hydrogen) atoms. The first-order valence-electron chi connectivity index (χ1n) is 7.12. The monoisotopic (exact) mass is 280 g/mol. The van der Waals surface area contributed by atoms with Gasteiger partial charge in [0.15, 0.2) is 5.75 Å². The molecule has 1 fully saturated rings. The molecule has 112 valence electrons. The molecule has 0 amide bonds. The van der Waals surface area contributed by atoms with Gasteiger partial charge in [-0.2, -0.15) is 5.10 Å². The van der Waals surface area contributed by atoms with Crippen LogP contribution in [0.4, 0.5) is 0 Å². The minimum absolute atomic E-state index is 0.0654. The second kappa shape index (κ2) is 5.93. The van der Waals surface area contributed by atoms with E-state index < -0.39 is 5.54 Å². The molecule has 0 spiro atoms. The molecule has 6 nitrogen and oxygen atoms in total. The predicted octanol–water partition coefficient (Wildman–Crippen LogP) is 0.778. The van der Waals surface area contributed by atoms with Crippen LogP contribution in [0.5, 0.6) is 5.75 Å². The molecule has 2 rings (SSSR count). The van der Waals surface area contributed by atoms with Crippen molar-refractivity contribution in [1.29, 1.82) is 0 Å². The summed E-state index contributed by atoms with van der Waals surface area (Å²) in [4.78, 5) is 15.2. The zero-order valence-corrected chi connectivity index (χ0v) is 12.8. The van der Waals surface area contributed by atoms with Gasteiger partial charge in [0, 0.05) is 32.7 Å². The van der Waals surface area contributed by atoms with Crippen molar-refractivity contribution in [3.63, 3.8) is 0 Å². The summed E-state index contributed by atoms with van der Waals surface area (Å²) in [6, 6.07) is 0. The van der Waals surface area contributed by atoms with Crippen molar-refractivity contribution in [1.82, 2.24) is 20.0 Å². The van der Waals surface area contributed by atoms with Crippen molar-refractivity contribution in [2.45, 2.75) is 32.9 Å². The smallest absolute Gasteiger partial charge is 0.204 e. The highest BCUT2D eigenvalue weighted by Crippen LogP contribution is 2.26. The van der Waals surface area contributed by atoms with Crippen LogP contribution in [0.25, 0.3) is 0 Å². The summed E-state index contributed by atoms with van der Waals surface area (Å²) in [7, 11) is 1.58. The highest BCUT2D eigenvalue weighted by Gasteiger charge is 2.38. The van der Waals surface area contributed by atoms with E-state index >= 15 is 0 Å². The van der Waals surface area contributed by atoms with Crippen molar-refractivity contribution >= 4 is 5.78 Å². The summed E-state index contributed by atoms with van der Waals surface area (Å²) in [5.74, 6) is 0.621. The summed E-state index contributed by atoms with van der Waals surface area (Å²) in [6.45, 7) is 10.2. The van der Waals surface area contributed by atoms with Gasteiger partial charge in [-0.25, -0.2) is 0 Å². The lowest BCUT2D eigenvalue weighted by molar-refractivity contribution is 0.0588. The van der Waals surface area contributed by atoms with Gasteiger partial charge in [0.25, 0.3) is 0 Å². The summed E-state index contributed by atoms with van der Waals surface area (Å²) in [5.41, 5.74) is 0.0148. The van der Waals surface area contributed by atoms with E-state index in [2.05, 4.69) is 15.3 Å². The molecule has 1 aliphatic heterocycles. The minimum atomic E-state index is -0.553. The molecule has 1 N–H and O–H groups in total. The average molecular weight is 280 g/mol. The molecular weight excluding hydrogens is 256 g/mol. The maximum atomic E-state index is 13.0. The molecule has 2 heterocycles. The Bertz CT molecular complexity index is 454. The lowest BCUT2D eigenvalue weighted by Crippen LogP contribution is -2.57. The van der Waals surface area contributed by atoms with Crippen LogP contribution in [0, 0.1) is 0 Å². The third kappa shape index (κ3) is 2.58. The number of carbonyl (C=O) groups excluding carboxylic acids is 1. The maximum Gasteiger partial charge on any atom is 0.204 e. The Hall–Kier alpha value is -1.40. The van der Waals surface area contributed by atoms with Gasteiger partial charge in [-0.05, 0) is 20.8 Å². The first-order chi connectivity index (χ1) is 9.52. The first kappa shape index (κ1) is 15.0. The van der Waals surface area contributed by atoms with E-state index in [1.165, 1.54) is 0 Å². The van der Waals surface area contributed by atoms with E-state index in [0.29, 0.717) is 18.0 Å². The highest BCUT2D eigenvalue weighted by molar-refractivity contribution is 6.03. The second-order valence-corrected chi connectivity index (χ2v) is 5.50. The van der Waals surface area contributed by atoms with Crippen LogP contribution in [0.3, 0.4) is 0 Å². The molecule has 0 aromatic carbocycles. The number of ketones is 1. The Morgan fingerprint density at radius 2 is 2.10 bits per heavy atom. The number of carbonyl (C=O) groups is 1. The minimum Gasteiger partial charge on any atom is -0.493 e. The van der Waals surface area contributed by atoms with E-state index in [1.54, 1.807) is 18.0 Å². The van der Waals surface area contributed by atoms with E-state index in [9.17, 15) is 4.79 Å². The number of nitrogens with one attached hydrogen (secondary N) is 1. The normalized spacial score (nSPS) is 17.2. The van der Waals surface area contributed by atoms with Gasteiger partial charge in [0.2, 0.25) is 5.78 Å². The van der Waals surface area contributed by atoms with E-state index in [1.807, 2.05) is 20.8 Å². The lowest BCUT2D eigenvalue weighted by Gasteiger charge is -2.39. The second-order valence-electron chi connectivity index (χ2n) is 5.50. The number of hydrogen-bond acceptors (Lipinski definition) is 5. The number of aromatic nitrogens is 2. The van der Waals surface area contributed by atoms with Crippen LogP contribution in [0.1, 0.15) is 31.3 Å². The standard InChI is InChI=1S/C14H24N4O2/c1-5-18-12(11(20-4)10-16-18)13(19)14(2,3)17-8-6-15-7-9-17/h10,15H,5-9H2,1-4H3. The topological polar surface area (TPSA) is 59.4 Å². The number of aryl methyl sites for hydroxylation is 1. The highest BCUT2D eigenvalue weighted by atomic mass is 16.5. The van der Waals surface area contributed by atoms with E-state index in [-0.39, 0.29) is 5.78 Å². The zero-order chi connectivity index (χ0) is 14.8. The van der Waals surface area contributed by atoms with Gasteiger partial charge in [-0.15, -0.1) is 0 Å². The van der Waals surface area contributed by atoms with Crippen LogP contribution in [0.15, 0.2) is 6.20 Å². The van der Waals surface area contributed by atoms with E-state index in [0.717, 1.165) is 26.2 Å². The number of nitrogens with zero attached hydrogens (tertiary/aromatic N) is 3. The van der Waals surface area contributed by atoms with Gasteiger partial charge in [0.05, 0.1) is 18.8 Å². The van der Waals surface area contributed by atoms with Crippen LogP contribution in [-0.2, 0) is 6.54 Å². The lowest BCUT2D eigenvalue weighted by atomic mass is 9.93. The fourth-order valence-corrected chi connectivity index (χ4v) is 2.64. The summed E-state index contributed by atoms with van der Waals surface area (Å²) >= 11 is 0. The summed E-state index contributed by atoms with van der Waals surface area (Å²) in [6.07, 6.45) is 1.62. The number of Topliss-reactive ketones (excluding diaryl/α,β-unsaturated/α-hetero) is 1. The molecule has 0 aliphatic carbocycles. The van der Waals surface area contributed by atoms with Crippen molar-refractivity contribution in [2.24, 2.45) is 0 Å². The van der Waals surface area contributed by atoms with Crippen molar-refractivity contribution in [3.8, 4) is 5.75 Å². The Balaban J connectivity index is 2.31.